The van der Waals surface area contributed by atoms with Crippen LogP contribution in [0.3, 0.4) is 0 Å². The van der Waals surface area contributed by atoms with E-state index in [1.54, 1.807) is 41.8 Å². The van der Waals surface area contributed by atoms with Crippen LogP contribution in [0.25, 0.3) is 5.69 Å². The van der Waals surface area contributed by atoms with Gasteiger partial charge in [0.05, 0.1) is 26.7 Å². The SMILES string of the molecule is Cc1cccc(CSc2nnc(C(C)NC(=O)Nc3c(Cl)cccc3Cl)n2-c2ccc([N+](=O)[O-])cc2)c1. The summed E-state index contributed by atoms with van der Waals surface area (Å²) in [6.45, 7) is 3.79. The van der Waals surface area contributed by atoms with E-state index in [0.717, 1.165) is 11.1 Å². The smallest absolute Gasteiger partial charge is 0.319 e. The third-order valence-electron chi connectivity index (χ3n) is 5.36. The predicted octanol–water partition coefficient (Wildman–Crippen LogP) is 6.97. The van der Waals surface area contributed by atoms with Gasteiger partial charge in [0.25, 0.3) is 5.69 Å². The van der Waals surface area contributed by atoms with Gasteiger partial charge in [0.1, 0.15) is 0 Å². The molecule has 0 saturated heterocycles. The Morgan fingerprint density at radius 1 is 1.08 bits per heavy atom. The lowest BCUT2D eigenvalue weighted by atomic mass is 10.2. The molecule has 2 N–H and O–H groups in total. The average molecular weight is 557 g/mol. The Bertz CT molecular complexity index is 1420. The molecule has 37 heavy (non-hydrogen) atoms. The van der Waals surface area contributed by atoms with Crippen LogP contribution in [-0.4, -0.2) is 25.7 Å². The van der Waals surface area contributed by atoms with Crippen LogP contribution in [0, 0.1) is 17.0 Å². The van der Waals surface area contributed by atoms with E-state index >= 15 is 0 Å². The number of nitro groups is 1. The molecular formula is C25H22Cl2N6O3S. The molecule has 0 radical (unpaired) electrons. The van der Waals surface area contributed by atoms with Gasteiger partial charge >= 0.3 is 6.03 Å². The number of carbonyl (C=O) groups is 1. The number of halogens is 2. The zero-order chi connectivity index (χ0) is 26.5. The molecule has 4 rings (SSSR count). The van der Waals surface area contributed by atoms with E-state index in [4.69, 9.17) is 23.2 Å². The molecule has 0 aliphatic heterocycles. The molecule has 9 nitrogen and oxygen atoms in total. The number of carbonyl (C=O) groups excluding carboxylic acids is 1. The first-order valence-electron chi connectivity index (χ1n) is 11.1. The number of hydrogen-bond donors (Lipinski definition) is 2. The molecule has 12 heteroatoms. The largest absolute Gasteiger partial charge is 0.328 e. The van der Waals surface area contributed by atoms with E-state index in [1.807, 2.05) is 25.1 Å². The normalized spacial score (nSPS) is 11.7. The van der Waals surface area contributed by atoms with Gasteiger partial charge in [0.15, 0.2) is 11.0 Å². The lowest BCUT2D eigenvalue weighted by Gasteiger charge is -2.17. The zero-order valence-electron chi connectivity index (χ0n) is 19.8. The van der Waals surface area contributed by atoms with Gasteiger partial charge in [0, 0.05) is 23.6 Å². The number of amides is 2. The lowest BCUT2D eigenvalue weighted by Crippen LogP contribution is -2.32. The highest BCUT2D eigenvalue weighted by atomic mass is 35.5. The van der Waals surface area contributed by atoms with E-state index < -0.39 is 17.0 Å². The highest BCUT2D eigenvalue weighted by molar-refractivity contribution is 7.98. The quantitative estimate of drug-likeness (QED) is 0.137. The Labute approximate surface area is 227 Å². The highest BCUT2D eigenvalue weighted by Gasteiger charge is 2.22. The fourth-order valence-electron chi connectivity index (χ4n) is 3.60. The predicted molar refractivity (Wildman–Crippen MR) is 146 cm³/mol. The second kappa shape index (κ2) is 11.6. The fourth-order valence-corrected chi connectivity index (χ4v) is 4.99. The van der Waals surface area contributed by atoms with Gasteiger partial charge in [0.2, 0.25) is 0 Å². The van der Waals surface area contributed by atoms with E-state index in [0.29, 0.717) is 38.2 Å². The maximum Gasteiger partial charge on any atom is 0.319 e. The number of thioether (sulfide) groups is 1. The number of nitrogens with zero attached hydrogens (tertiary/aromatic N) is 4. The van der Waals surface area contributed by atoms with Crippen LogP contribution in [0.15, 0.2) is 71.9 Å². The molecule has 1 atom stereocenters. The summed E-state index contributed by atoms with van der Waals surface area (Å²) < 4.78 is 1.78. The van der Waals surface area contributed by atoms with Crippen molar-refractivity contribution < 1.29 is 9.72 Å². The number of anilines is 1. The molecule has 1 aromatic heterocycles. The third kappa shape index (κ3) is 6.40. The molecule has 0 aliphatic rings. The van der Waals surface area contributed by atoms with Gasteiger partial charge in [-0.2, -0.15) is 0 Å². The van der Waals surface area contributed by atoms with Crippen LogP contribution < -0.4 is 10.6 Å². The Morgan fingerprint density at radius 3 is 2.41 bits per heavy atom. The first-order chi connectivity index (χ1) is 17.7. The van der Waals surface area contributed by atoms with Crippen LogP contribution in [0.4, 0.5) is 16.2 Å². The minimum Gasteiger partial charge on any atom is -0.328 e. The molecule has 190 valence electrons. The van der Waals surface area contributed by atoms with Crippen molar-refractivity contribution in [2.75, 3.05) is 5.32 Å². The van der Waals surface area contributed by atoms with E-state index in [9.17, 15) is 14.9 Å². The summed E-state index contributed by atoms with van der Waals surface area (Å²) in [5.41, 5.74) is 3.15. The average Bonchev–Trinajstić information content (AvgIpc) is 3.29. The first kappa shape index (κ1) is 26.5. The van der Waals surface area contributed by atoms with Gasteiger partial charge in [-0.15, -0.1) is 10.2 Å². The molecule has 2 amide bonds. The van der Waals surface area contributed by atoms with Gasteiger partial charge in [-0.05, 0) is 43.7 Å². The molecule has 0 bridgehead atoms. The minimum atomic E-state index is -0.586. The number of rotatable bonds is 8. The maximum atomic E-state index is 12.7. The molecular weight excluding hydrogens is 535 g/mol. The van der Waals surface area contributed by atoms with Gasteiger partial charge in [-0.1, -0.05) is 70.9 Å². The van der Waals surface area contributed by atoms with Crippen molar-refractivity contribution in [1.29, 1.82) is 0 Å². The van der Waals surface area contributed by atoms with Gasteiger partial charge < -0.3 is 10.6 Å². The van der Waals surface area contributed by atoms with Gasteiger partial charge in [-0.25, -0.2) is 4.79 Å². The Kier molecular flexibility index (Phi) is 8.32. The monoisotopic (exact) mass is 556 g/mol. The molecule has 1 heterocycles. The number of aryl methyl sites for hydroxylation is 1. The van der Waals surface area contributed by atoms with Crippen molar-refractivity contribution in [2.24, 2.45) is 0 Å². The third-order valence-corrected chi connectivity index (χ3v) is 6.99. The van der Waals surface area contributed by atoms with Crippen molar-refractivity contribution in [1.82, 2.24) is 20.1 Å². The topological polar surface area (TPSA) is 115 Å². The van der Waals surface area contributed by atoms with Crippen molar-refractivity contribution >= 4 is 52.4 Å². The summed E-state index contributed by atoms with van der Waals surface area (Å²) in [6, 6.07) is 18.0. The fraction of sp³-hybridized carbons (Fsp3) is 0.160. The molecule has 3 aromatic carbocycles. The van der Waals surface area contributed by atoms with Crippen LogP contribution >= 0.6 is 35.0 Å². The van der Waals surface area contributed by atoms with Crippen molar-refractivity contribution in [3.63, 3.8) is 0 Å². The molecule has 0 saturated carbocycles. The number of hydrogen-bond acceptors (Lipinski definition) is 6. The summed E-state index contributed by atoms with van der Waals surface area (Å²) in [7, 11) is 0. The second-order valence-corrected chi connectivity index (χ2v) is 9.90. The maximum absolute atomic E-state index is 12.7. The molecule has 1 unspecified atom stereocenters. The lowest BCUT2D eigenvalue weighted by molar-refractivity contribution is -0.384. The van der Waals surface area contributed by atoms with Gasteiger partial charge in [-0.3, -0.25) is 14.7 Å². The number of urea groups is 1. The Morgan fingerprint density at radius 2 is 1.76 bits per heavy atom. The summed E-state index contributed by atoms with van der Waals surface area (Å²) in [5.74, 6) is 1.08. The number of non-ortho nitro benzene ring substituents is 1. The molecule has 4 aromatic rings. The first-order valence-corrected chi connectivity index (χ1v) is 12.9. The second-order valence-electron chi connectivity index (χ2n) is 8.14. The highest BCUT2D eigenvalue weighted by Crippen LogP contribution is 2.31. The number of aromatic nitrogens is 3. The van der Waals surface area contributed by atoms with E-state index in [-0.39, 0.29) is 5.69 Å². The van der Waals surface area contributed by atoms with Crippen molar-refractivity contribution in [3.8, 4) is 5.69 Å². The number of benzene rings is 3. The standard InChI is InChI=1S/C25H22Cl2N6O3S/c1-15-5-3-6-17(13-15)14-37-25-31-30-23(32(25)18-9-11-19(12-10-18)33(35)36)16(2)28-24(34)29-22-20(26)7-4-8-21(22)27/h3-13,16H,14H2,1-2H3,(H2,28,29,34). The zero-order valence-corrected chi connectivity index (χ0v) is 22.1. The Balaban J connectivity index is 1.61. The Hall–Kier alpha value is -3.60. The van der Waals surface area contributed by atoms with E-state index in [1.165, 1.54) is 23.9 Å². The van der Waals surface area contributed by atoms with Crippen LogP contribution in [-0.2, 0) is 5.75 Å². The molecule has 0 fully saturated rings. The summed E-state index contributed by atoms with van der Waals surface area (Å²) in [5, 5.41) is 26.5. The van der Waals surface area contributed by atoms with E-state index in [2.05, 4.69) is 26.9 Å². The summed E-state index contributed by atoms with van der Waals surface area (Å²) >= 11 is 13.8. The van der Waals surface area contributed by atoms with Crippen LogP contribution in [0.5, 0.6) is 0 Å². The summed E-state index contributed by atoms with van der Waals surface area (Å²) in [6.07, 6.45) is 0. The minimum absolute atomic E-state index is 0.0329. The number of nitro benzene ring substituents is 1. The molecule has 0 spiro atoms. The number of nitrogens with one attached hydrogen (secondary N) is 2. The summed E-state index contributed by atoms with van der Waals surface area (Å²) in [4.78, 5) is 23.4. The van der Waals surface area contributed by atoms with Crippen molar-refractivity contribution in [3.05, 3.63) is 104 Å². The molecule has 0 aliphatic carbocycles. The van der Waals surface area contributed by atoms with Crippen LogP contribution in [0.2, 0.25) is 10.0 Å². The van der Waals surface area contributed by atoms with Crippen molar-refractivity contribution in [2.45, 2.75) is 30.8 Å². The number of para-hydroxylation sites is 1. The van der Waals surface area contributed by atoms with Crippen LogP contribution in [0.1, 0.15) is 29.9 Å².